The predicted octanol–water partition coefficient (Wildman–Crippen LogP) is 1.71. The van der Waals surface area contributed by atoms with Gasteiger partial charge in [-0.15, -0.1) is 0 Å². The summed E-state index contributed by atoms with van der Waals surface area (Å²) in [7, 11) is -3.84. The Kier molecular flexibility index (Phi) is 3.20. The molecule has 2 rings (SSSR count). The first kappa shape index (κ1) is 12.4. The van der Waals surface area contributed by atoms with Crippen LogP contribution in [-0.4, -0.2) is 14.3 Å². The van der Waals surface area contributed by atoms with Crippen LogP contribution in [0, 0.1) is 6.92 Å². The summed E-state index contributed by atoms with van der Waals surface area (Å²) in [6.07, 6.45) is 1.33. The van der Waals surface area contributed by atoms with Gasteiger partial charge in [0, 0.05) is 0 Å². The quantitative estimate of drug-likeness (QED) is 0.916. The van der Waals surface area contributed by atoms with E-state index in [-0.39, 0.29) is 10.5 Å². The van der Waals surface area contributed by atoms with Crippen molar-refractivity contribution in [3.63, 3.8) is 0 Å². The summed E-state index contributed by atoms with van der Waals surface area (Å²) in [5.41, 5.74) is 0.203. The van der Waals surface area contributed by atoms with Crippen molar-refractivity contribution in [1.82, 2.24) is 4.72 Å². The van der Waals surface area contributed by atoms with Gasteiger partial charge in [0.25, 0.3) is 15.9 Å². The van der Waals surface area contributed by atoms with Crippen LogP contribution in [0.15, 0.2) is 52.0 Å². The first-order valence-electron chi connectivity index (χ1n) is 5.17. The Bertz CT molecular complexity index is 658. The molecule has 0 saturated carbocycles. The maximum Gasteiger partial charge on any atom is 0.268 e. The van der Waals surface area contributed by atoms with E-state index in [1.807, 2.05) is 4.72 Å². The van der Waals surface area contributed by atoms with Crippen molar-refractivity contribution in [1.29, 1.82) is 0 Å². The van der Waals surface area contributed by atoms with Crippen molar-refractivity contribution in [3.8, 4) is 0 Å². The highest BCUT2D eigenvalue weighted by atomic mass is 32.2. The van der Waals surface area contributed by atoms with Gasteiger partial charge in [0.05, 0.1) is 16.7 Å². The molecule has 1 N–H and O–H groups in total. The summed E-state index contributed by atoms with van der Waals surface area (Å²) in [6, 6.07) is 9.12. The third kappa shape index (κ3) is 2.43. The Morgan fingerprint density at radius 3 is 2.39 bits per heavy atom. The van der Waals surface area contributed by atoms with Crippen LogP contribution in [0.4, 0.5) is 0 Å². The minimum atomic E-state index is -3.84. The molecule has 0 unspecified atom stereocenters. The van der Waals surface area contributed by atoms with E-state index in [1.54, 1.807) is 25.1 Å². The van der Waals surface area contributed by atoms with Gasteiger partial charge in [-0.2, -0.15) is 0 Å². The van der Waals surface area contributed by atoms with Crippen LogP contribution >= 0.6 is 0 Å². The third-order valence-electron chi connectivity index (χ3n) is 2.38. The Morgan fingerprint density at radius 1 is 1.17 bits per heavy atom. The highest BCUT2D eigenvalue weighted by molar-refractivity contribution is 7.90. The highest BCUT2D eigenvalue weighted by Gasteiger charge is 2.20. The molecular weight excluding hydrogens is 254 g/mol. The largest absolute Gasteiger partial charge is 0.469 e. The summed E-state index contributed by atoms with van der Waals surface area (Å²) >= 11 is 0. The van der Waals surface area contributed by atoms with Crippen molar-refractivity contribution < 1.29 is 17.6 Å². The Morgan fingerprint density at radius 2 is 1.83 bits per heavy atom. The number of carbonyl (C=O) groups is 1. The lowest BCUT2D eigenvalue weighted by atomic mass is 10.2. The van der Waals surface area contributed by atoms with Crippen LogP contribution < -0.4 is 4.72 Å². The molecule has 0 atom stereocenters. The number of benzene rings is 1. The number of nitrogens with one attached hydrogen (secondary N) is 1. The van der Waals surface area contributed by atoms with Gasteiger partial charge < -0.3 is 4.42 Å². The molecule has 0 fully saturated rings. The summed E-state index contributed by atoms with van der Waals surface area (Å²) in [6.45, 7) is 1.59. The molecule has 0 aliphatic rings. The average Bonchev–Trinajstić information content (AvgIpc) is 2.76. The zero-order chi connectivity index (χ0) is 13.2. The molecule has 18 heavy (non-hydrogen) atoms. The number of rotatable bonds is 3. The average molecular weight is 265 g/mol. The molecule has 6 heteroatoms. The molecule has 0 radical (unpaired) electrons. The number of hydrogen-bond donors (Lipinski definition) is 1. The van der Waals surface area contributed by atoms with Crippen LogP contribution in [0.5, 0.6) is 0 Å². The van der Waals surface area contributed by atoms with Gasteiger partial charge >= 0.3 is 0 Å². The predicted molar refractivity (Wildman–Crippen MR) is 64.5 cm³/mol. The highest BCUT2D eigenvalue weighted by Crippen LogP contribution is 2.11. The first-order valence-corrected chi connectivity index (χ1v) is 6.65. The molecule has 2 aromatic rings. The number of hydrogen-bond acceptors (Lipinski definition) is 4. The van der Waals surface area contributed by atoms with Crippen molar-refractivity contribution in [2.45, 2.75) is 11.8 Å². The fourth-order valence-electron chi connectivity index (χ4n) is 1.46. The van der Waals surface area contributed by atoms with Crippen LogP contribution in [0.1, 0.15) is 16.1 Å². The van der Waals surface area contributed by atoms with E-state index in [9.17, 15) is 13.2 Å². The lowest BCUT2D eigenvalue weighted by molar-refractivity contribution is 0.0980. The van der Waals surface area contributed by atoms with Gasteiger partial charge in [0.2, 0.25) is 0 Å². The molecule has 0 aliphatic carbocycles. The molecule has 1 amide bonds. The van der Waals surface area contributed by atoms with Crippen molar-refractivity contribution in [3.05, 3.63) is 54.0 Å². The molecule has 0 spiro atoms. The number of aryl methyl sites for hydroxylation is 1. The van der Waals surface area contributed by atoms with Crippen LogP contribution in [0.3, 0.4) is 0 Å². The topological polar surface area (TPSA) is 76.4 Å². The van der Waals surface area contributed by atoms with Gasteiger partial charge in [0.1, 0.15) is 5.76 Å². The van der Waals surface area contributed by atoms with E-state index in [0.29, 0.717) is 5.76 Å². The van der Waals surface area contributed by atoms with Gasteiger partial charge in [-0.25, -0.2) is 13.1 Å². The van der Waals surface area contributed by atoms with E-state index >= 15 is 0 Å². The summed E-state index contributed by atoms with van der Waals surface area (Å²) in [4.78, 5) is 11.8. The number of furan rings is 1. The SMILES string of the molecule is Cc1occc1C(=O)NS(=O)(=O)c1ccccc1. The fraction of sp³-hybridized carbons (Fsp3) is 0.0833. The zero-order valence-corrected chi connectivity index (χ0v) is 10.4. The number of amides is 1. The third-order valence-corrected chi connectivity index (χ3v) is 3.73. The molecule has 1 aromatic heterocycles. The van der Waals surface area contributed by atoms with Gasteiger partial charge in [-0.3, -0.25) is 4.79 Å². The van der Waals surface area contributed by atoms with Crippen LogP contribution in [0.2, 0.25) is 0 Å². The molecule has 1 aromatic carbocycles. The Labute approximate surface area is 104 Å². The summed E-state index contributed by atoms with van der Waals surface area (Å²) < 4.78 is 30.7. The van der Waals surface area contributed by atoms with Gasteiger partial charge in [-0.05, 0) is 25.1 Å². The van der Waals surface area contributed by atoms with E-state index < -0.39 is 15.9 Å². The molecule has 94 valence electrons. The summed E-state index contributed by atoms with van der Waals surface area (Å²) in [5.74, 6) is -0.333. The van der Waals surface area contributed by atoms with E-state index in [2.05, 4.69) is 0 Å². The smallest absolute Gasteiger partial charge is 0.268 e. The second-order valence-electron chi connectivity index (χ2n) is 3.64. The van der Waals surface area contributed by atoms with Gasteiger partial charge in [0.15, 0.2) is 0 Å². The minimum absolute atomic E-state index is 0.0412. The normalized spacial score (nSPS) is 11.2. The number of sulfonamides is 1. The standard InChI is InChI=1S/C12H11NO4S/c1-9-11(7-8-17-9)12(14)13-18(15,16)10-5-3-2-4-6-10/h2-8H,1H3,(H,13,14). The van der Waals surface area contributed by atoms with Crippen LogP contribution in [-0.2, 0) is 10.0 Å². The molecular formula is C12H11NO4S. The van der Waals surface area contributed by atoms with E-state index in [0.717, 1.165) is 0 Å². The lowest BCUT2D eigenvalue weighted by Crippen LogP contribution is -2.30. The van der Waals surface area contributed by atoms with Gasteiger partial charge in [-0.1, -0.05) is 18.2 Å². The van der Waals surface area contributed by atoms with E-state index in [4.69, 9.17) is 4.42 Å². The second kappa shape index (κ2) is 4.66. The second-order valence-corrected chi connectivity index (χ2v) is 5.32. The van der Waals surface area contributed by atoms with E-state index in [1.165, 1.54) is 24.5 Å². The Balaban J connectivity index is 2.25. The molecule has 0 aliphatic heterocycles. The lowest BCUT2D eigenvalue weighted by Gasteiger charge is -2.05. The molecule has 1 heterocycles. The minimum Gasteiger partial charge on any atom is -0.469 e. The maximum atomic E-state index is 11.9. The number of carbonyl (C=O) groups excluding carboxylic acids is 1. The Hall–Kier alpha value is -2.08. The van der Waals surface area contributed by atoms with Crippen molar-refractivity contribution >= 4 is 15.9 Å². The first-order chi connectivity index (χ1) is 8.50. The van der Waals surface area contributed by atoms with Crippen LogP contribution in [0.25, 0.3) is 0 Å². The zero-order valence-electron chi connectivity index (χ0n) is 9.58. The summed E-state index contributed by atoms with van der Waals surface area (Å²) in [5, 5.41) is 0. The molecule has 5 nitrogen and oxygen atoms in total. The fourth-order valence-corrected chi connectivity index (χ4v) is 2.44. The van der Waals surface area contributed by atoms with Crippen molar-refractivity contribution in [2.75, 3.05) is 0 Å². The molecule has 0 bridgehead atoms. The maximum absolute atomic E-state index is 11.9. The monoisotopic (exact) mass is 265 g/mol. The van der Waals surface area contributed by atoms with Crippen molar-refractivity contribution in [2.24, 2.45) is 0 Å². The molecule has 0 saturated heterocycles.